The summed E-state index contributed by atoms with van der Waals surface area (Å²) in [7, 11) is 0. The van der Waals surface area contributed by atoms with Gasteiger partial charge in [0.15, 0.2) is 0 Å². The fourth-order valence-corrected chi connectivity index (χ4v) is 3.65. The highest BCUT2D eigenvalue weighted by Gasteiger charge is 2.33. The minimum Gasteiger partial charge on any atom is -0.366 e. The van der Waals surface area contributed by atoms with Gasteiger partial charge in [0.25, 0.3) is 0 Å². The molecular formula is C16H24N2. The van der Waals surface area contributed by atoms with Gasteiger partial charge in [0.2, 0.25) is 0 Å². The molecule has 0 amide bonds. The Morgan fingerprint density at radius 1 is 1.28 bits per heavy atom. The molecule has 1 saturated carbocycles. The maximum absolute atomic E-state index is 6.20. The number of hydrogen-bond acceptors (Lipinski definition) is 2. The lowest BCUT2D eigenvalue weighted by atomic mass is 10.0. The maximum Gasteiger partial charge on any atom is 0.0479 e. The second-order valence-corrected chi connectivity index (χ2v) is 6.06. The van der Waals surface area contributed by atoms with Crippen molar-refractivity contribution in [3.05, 3.63) is 29.8 Å². The Bertz CT molecular complexity index is 407. The number of anilines is 1. The number of rotatable bonds is 3. The molecule has 1 aromatic rings. The summed E-state index contributed by atoms with van der Waals surface area (Å²) < 4.78 is 0. The minimum absolute atomic E-state index is 0.249. The van der Waals surface area contributed by atoms with Gasteiger partial charge in [0, 0.05) is 24.3 Å². The lowest BCUT2D eigenvalue weighted by molar-refractivity contribution is 0.466. The fourth-order valence-electron chi connectivity index (χ4n) is 3.65. The van der Waals surface area contributed by atoms with Crippen molar-refractivity contribution < 1.29 is 0 Å². The third-order valence-corrected chi connectivity index (χ3v) is 4.67. The van der Waals surface area contributed by atoms with E-state index in [1.54, 1.807) is 0 Å². The first-order valence-electron chi connectivity index (χ1n) is 7.36. The van der Waals surface area contributed by atoms with Gasteiger partial charge >= 0.3 is 0 Å². The number of para-hydroxylation sites is 1. The quantitative estimate of drug-likeness (QED) is 0.885. The van der Waals surface area contributed by atoms with Crippen molar-refractivity contribution >= 4 is 5.69 Å². The Balaban J connectivity index is 1.82. The van der Waals surface area contributed by atoms with Crippen molar-refractivity contribution in [3.8, 4) is 0 Å². The molecule has 2 unspecified atom stereocenters. The molecular weight excluding hydrogens is 220 g/mol. The lowest BCUT2D eigenvalue weighted by Crippen LogP contribution is -2.46. The number of nitrogens with two attached hydrogens (primary N) is 1. The zero-order chi connectivity index (χ0) is 12.5. The molecule has 1 aliphatic heterocycles. The minimum atomic E-state index is 0.249. The summed E-state index contributed by atoms with van der Waals surface area (Å²) in [5.41, 5.74) is 9.12. The second-order valence-electron chi connectivity index (χ2n) is 6.06. The van der Waals surface area contributed by atoms with E-state index >= 15 is 0 Å². The van der Waals surface area contributed by atoms with Crippen LogP contribution < -0.4 is 10.6 Å². The molecule has 2 heteroatoms. The Hall–Kier alpha value is -1.02. The molecule has 0 aromatic heterocycles. The Kier molecular flexibility index (Phi) is 3.29. The summed E-state index contributed by atoms with van der Waals surface area (Å²) in [5.74, 6) is 0.886. The van der Waals surface area contributed by atoms with Gasteiger partial charge in [-0.3, -0.25) is 0 Å². The van der Waals surface area contributed by atoms with E-state index in [9.17, 15) is 0 Å². The van der Waals surface area contributed by atoms with Gasteiger partial charge in [-0.1, -0.05) is 31.0 Å². The molecule has 1 heterocycles. The first-order chi connectivity index (χ1) is 8.75. The van der Waals surface area contributed by atoms with Crippen LogP contribution in [0.4, 0.5) is 5.69 Å². The van der Waals surface area contributed by atoms with Gasteiger partial charge in [0.05, 0.1) is 0 Å². The van der Waals surface area contributed by atoms with Crippen LogP contribution >= 0.6 is 0 Å². The molecule has 2 atom stereocenters. The molecule has 1 fully saturated rings. The van der Waals surface area contributed by atoms with E-state index in [-0.39, 0.29) is 6.04 Å². The lowest BCUT2D eigenvalue weighted by Gasteiger charge is -2.32. The Morgan fingerprint density at radius 3 is 2.72 bits per heavy atom. The van der Waals surface area contributed by atoms with Crippen LogP contribution in [0, 0.1) is 5.92 Å². The third-order valence-electron chi connectivity index (χ3n) is 4.67. The third kappa shape index (κ3) is 2.14. The van der Waals surface area contributed by atoms with E-state index in [1.165, 1.54) is 43.5 Å². The van der Waals surface area contributed by atoms with E-state index in [4.69, 9.17) is 5.73 Å². The van der Waals surface area contributed by atoms with Crippen LogP contribution in [0.2, 0.25) is 0 Å². The highest BCUT2D eigenvalue weighted by Crippen LogP contribution is 2.36. The van der Waals surface area contributed by atoms with Crippen LogP contribution in [0.5, 0.6) is 0 Å². The van der Waals surface area contributed by atoms with Gasteiger partial charge in [-0.15, -0.1) is 0 Å². The van der Waals surface area contributed by atoms with Crippen molar-refractivity contribution in [2.45, 2.75) is 51.1 Å². The van der Waals surface area contributed by atoms with Crippen LogP contribution in [0.25, 0.3) is 0 Å². The number of fused-ring (bicyclic) bond motifs is 1. The fraction of sp³-hybridized carbons (Fsp3) is 0.625. The molecule has 0 spiro atoms. The summed E-state index contributed by atoms with van der Waals surface area (Å²) >= 11 is 0. The maximum atomic E-state index is 6.20. The number of benzene rings is 1. The number of nitrogens with zero attached hydrogens (tertiary/aromatic N) is 1. The summed E-state index contributed by atoms with van der Waals surface area (Å²) in [4.78, 5) is 2.59. The molecule has 18 heavy (non-hydrogen) atoms. The highest BCUT2D eigenvalue weighted by atomic mass is 15.2. The predicted octanol–water partition coefficient (Wildman–Crippen LogP) is 2.96. The van der Waals surface area contributed by atoms with Crippen LogP contribution in [-0.2, 0) is 6.42 Å². The first-order valence-corrected chi connectivity index (χ1v) is 7.36. The van der Waals surface area contributed by atoms with Crippen molar-refractivity contribution in [2.75, 3.05) is 11.4 Å². The van der Waals surface area contributed by atoms with E-state index in [0.717, 1.165) is 12.3 Å². The summed E-state index contributed by atoms with van der Waals surface area (Å²) in [5, 5.41) is 0. The summed E-state index contributed by atoms with van der Waals surface area (Å²) in [6.45, 7) is 3.36. The predicted molar refractivity (Wildman–Crippen MR) is 76.9 cm³/mol. The average Bonchev–Trinajstić information content (AvgIpc) is 2.98. The molecule has 3 rings (SSSR count). The SMILES string of the molecule is CC(N)C1Cc2ccccc2N1CC1CCCC1. The van der Waals surface area contributed by atoms with Crippen molar-refractivity contribution in [1.29, 1.82) is 0 Å². The standard InChI is InChI=1S/C16H24N2/c1-12(17)16-10-14-8-4-5-9-15(14)18(16)11-13-6-2-3-7-13/h4-5,8-9,12-13,16H,2-3,6-7,10-11,17H2,1H3. The van der Waals surface area contributed by atoms with Crippen molar-refractivity contribution in [2.24, 2.45) is 11.7 Å². The molecule has 98 valence electrons. The molecule has 0 bridgehead atoms. The zero-order valence-electron chi connectivity index (χ0n) is 11.3. The van der Waals surface area contributed by atoms with Crippen molar-refractivity contribution in [3.63, 3.8) is 0 Å². The van der Waals surface area contributed by atoms with Gasteiger partial charge in [0.1, 0.15) is 0 Å². The largest absolute Gasteiger partial charge is 0.366 e. The van der Waals surface area contributed by atoms with Gasteiger partial charge < -0.3 is 10.6 Å². The van der Waals surface area contributed by atoms with Gasteiger partial charge in [-0.05, 0) is 43.7 Å². The van der Waals surface area contributed by atoms with E-state index in [0.29, 0.717) is 6.04 Å². The molecule has 2 aliphatic rings. The molecule has 0 saturated heterocycles. The van der Waals surface area contributed by atoms with Crippen LogP contribution in [-0.4, -0.2) is 18.6 Å². The Labute approximate surface area is 110 Å². The molecule has 2 N–H and O–H groups in total. The van der Waals surface area contributed by atoms with E-state index in [2.05, 4.69) is 36.1 Å². The first kappa shape index (κ1) is 12.0. The zero-order valence-corrected chi connectivity index (χ0v) is 11.3. The molecule has 0 radical (unpaired) electrons. The molecule has 1 aromatic carbocycles. The van der Waals surface area contributed by atoms with Gasteiger partial charge in [-0.2, -0.15) is 0 Å². The molecule has 1 aliphatic carbocycles. The topological polar surface area (TPSA) is 29.3 Å². The number of hydrogen-bond donors (Lipinski definition) is 1. The normalized spacial score (nSPS) is 25.4. The average molecular weight is 244 g/mol. The Morgan fingerprint density at radius 2 is 2.00 bits per heavy atom. The van der Waals surface area contributed by atoms with E-state index < -0.39 is 0 Å². The second kappa shape index (κ2) is 4.93. The van der Waals surface area contributed by atoms with Crippen LogP contribution in [0.1, 0.15) is 38.2 Å². The monoisotopic (exact) mass is 244 g/mol. The van der Waals surface area contributed by atoms with Gasteiger partial charge in [-0.25, -0.2) is 0 Å². The smallest absolute Gasteiger partial charge is 0.0479 e. The highest BCUT2D eigenvalue weighted by molar-refractivity contribution is 5.59. The van der Waals surface area contributed by atoms with E-state index in [1.807, 2.05) is 0 Å². The summed E-state index contributed by atoms with van der Waals surface area (Å²) in [6, 6.07) is 9.59. The van der Waals surface area contributed by atoms with Crippen LogP contribution in [0.15, 0.2) is 24.3 Å². The van der Waals surface area contributed by atoms with Crippen LogP contribution in [0.3, 0.4) is 0 Å². The van der Waals surface area contributed by atoms with Crippen molar-refractivity contribution in [1.82, 2.24) is 0 Å². The summed E-state index contributed by atoms with van der Waals surface area (Å²) in [6.07, 6.45) is 6.78. The molecule has 2 nitrogen and oxygen atoms in total.